The molecule has 0 radical (unpaired) electrons. The van der Waals surface area contributed by atoms with Crippen LogP contribution in [0.3, 0.4) is 0 Å². The number of amides is 1. The van der Waals surface area contributed by atoms with E-state index in [2.05, 4.69) is 19.1 Å². The molecule has 0 aliphatic carbocycles. The molecule has 174 valence electrons. The number of methoxy groups -OCH3 is 2. The molecule has 1 fully saturated rings. The maximum atomic E-state index is 12.2. The van der Waals surface area contributed by atoms with Gasteiger partial charge >= 0.3 is 6.09 Å². The van der Waals surface area contributed by atoms with Gasteiger partial charge in [-0.1, -0.05) is 43.3 Å². The Labute approximate surface area is 191 Å². The van der Waals surface area contributed by atoms with Gasteiger partial charge in [0.05, 0.1) is 26.4 Å². The van der Waals surface area contributed by atoms with Crippen LogP contribution in [0, 0.1) is 5.41 Å². The highest BCUT2D eigenvalue weighted by molar-refractivity contribution is 5.68. The van der Waals surface area contributed by atoms with Gasteiger partial charge in [0.2, 0.25) is 0 Å². The Kier molecular flexibility index (Phi) is 7.67. The molecule has 2 aromatic rings. The van der Waals surface area contributed by atoms with Crippen molar-refractivity contribution >= 4 is 6.09 Å². The van der Waals surface area contributed by atoms with Crippen LogP contribution in [0.2, 0.25) is 0 Å². The number of aliphatic hydroxyl groups is 1. The lowest BCUT2D eigenvalue weighted by Crippen LogP contribution is -2.38. The summed E-state index contributed by atoms with van der Waals surface area (Å²) in [4.78, 5) is 13.8. The fourth-order valence-electron chi connectivity index (χ4n) is 4.48. The first-order valence-electron chi connectivity index (χ1n) is 11.2. The molecule has 1 heterocycles. The second-order valence-electron chi connectivity index (χ2n) is 8.95. The number of hydrogen-bond acceptors (Lipinski definition) is 5. The topological polar surface area (TPSA) is 68.2 Å². The molecule has 0 aromatic heterocycles. The Morgan fingerprint density at radius 1 is 1.16 bits per heavy atom. The largest absolute Gasteiger partial charge is 0.493 e. The van der Waals surface area contributed by atoms with Crippen LogP contribution in [0.4, 0.5) is 4.79 Å². The van der Waals surface area contributed by atoms with Crippen molar-refractivity contribution < 1.29 is 24.1 Å². The molecular formula is C26H35NO5. The SMILES string of the molecule is COC(=O)N1C[C@H](c2ccc(OC)c(OC(C)CCc3ccccc3)c2)[C@](C)(C(C)O)C1. The van der Waals surface area contributed by atoms with Crippen molar-refractivity contribution in [1.29, 1.82) is 0 Å². The van der Waals surface area contributed by atoms with E-state index in [1.165, 1.54) is 12.7 Å². The number of likely N-dealkylation sites (tertiary alicyclic amines) is 1. The third kappa shape index (κ3) is 5.18. The Morgan fingerprint density at radius 2 is 1.88 bits per heavy atom. The smallest absolute Gasteiger partial charge is 0.409 e. The average Bonchev–Trinajstić information content (AvgIpc) is 3.17. The number of benzene rings is 2. The number of nitrogens with zero attached hydrogens (tertiary/aromatic N) is 1. The fourth-order valence-corrected chi connectivity index (χ4v) is 4.48. The molecule has 6 nitrogen and oxygen atoms in total. The first-order chi connectivity index (χ1) is 15.3. The second kappa shape index (κ2) is 10.3. The van der Waals surface area contributed by atoms with Crippen LogP contribution in [0.5, 0.6) is 11.5 Å². The second-order valence-corrected chi connectivity index (χ2v) is 8.95. The van der Waals surface area contributed by atoms with Crippen molar-refractivity contribution in [1.82, 2.24) is 4.90 Å². The van der Waals surface area contributed by atoms with Crippen LogP contribution in [0.25, 0.3) is 0 Å². The highest BCUT2D eigenvalue weighted by Crippen LogP contribution is 2.47. The summed E-state index contributed by atoms with van der Waals surface area (Å²) in [6.45, 7) is 6.75. The van der Waals surface area contributed by atoms with E-state index < -0.39 is 11.5 Å². The molecule has 2 aromatic carbocycles. The number of carbonyl (C=O) groups excluding carboxylic acids is 1. The zero-order valence-corrected chi connectivity index (χ0v) is 19.7. The minimum absolute atomic E-state index is 0.00218. The zero-order chi connectivity index (χ0) is 23.3. The number of hydrogen-bond donors (Lipinski definition) is 1. The lowest BCUT2D eigenvalue weighted by molar-refractivity contribution is 0.0470. The third-order valence-electron chi connectivity index (χ3n) is 6.72. The van der Waals surface area contributed by atoms with Gasteiger partial charge in [-0.15, -0.1) is 0 Å². The van der Waals surface area contributed by atoms with Gasteiger partial charge < -0.3 is 24.2 Å². The lowest BCUT2D eigenvalue weighted by Gasteiger charge is -2.33. The van der Waals surface area contributed by atoms with Gasteiger partial charge in [0.15, 0.2) is 11.5 Å². The first kappa shape index (κ1) is 23.9. The molecule has 1 aliphatic heterocycles. The molecule has 0 spiro atoms. The van der Waals surface area contributed by atoms with E-state index in [1.54, 1.807) is 18.9 Å². The number of carbonyl (C=O) groups is 1. The number of rotatable bonds is 8. The van der Waals surface area contributed by atoms with E-state index in [0.29, 0.717) is 24.6 Å². The van der Waals surface area contributed by atoms with Crippen LogP contribution in [-0.2, 0) is 11.2 Å². The average molecular weight is 442 g/mol. The van der Waals surface area contributed by atoms with Crippen LogP contribution >= 0.6 is 0 Å². The van der Waals surface area contributed by atoms with Gasteiger partial charge in [-0.3, -0.25) is 0 Å². The molecule has 0 bridgehead atoms. The Hall–Kier alpha value is -2.73. The molecule has 1 aliphatic rings. The Morgan fingerprint density at radius 3 is 2.50 bits per heavy atom. The van der Waals surface area contributed by atoms with Crippen LogP contribution in [0.15, 0.2) is 48.5 Å². The van der Waals surface area contributed by atoms with Crippen molar-refractivity contribution in [3.63, 3.8) is 0 Å². The molecule has 4 atom stereocenters. The van der Waals surface area contributed by atoms with Gasteiger partial charge in [-0.2, -0.15) is 0 Å². The number of aliphatic hydroxyl groups excluding tert-OH is 1. The molecule has 1 amide bonds. The van der Waals surface area contributed by atoms with Gasteiger partial charge in [0.1, 0.15) is 0 Å². The van der Waals surface area contributed by atoms with Crippen LogP contribution in [-0.4, -0.2) is 55.6 Å². The van der Waals surface area contributed by atoms with Gasteiger partial charge in [0, 0.05) is 24.4 Å². The van der Waals surface area contributed by atoms with Crippen molar-refractivity contribution in [2.24, 2.45) is 5.41 Å². The fraction of sp³-hybridized carbons (Fsp3) is 0.500. The maximum Gasteiger partial charge on any atom is 0.409 e. The summed E-state index contributed by atoms with van der Waals surface area (Å²) in [6, 6.07) is 16.2. The molecule has 32 heavy (non-hydrogen) atoms. The number of ether oxygens (including phenoxy) is 3. The molecule has 0 saturated carbocycles. The molecule has 2 unspecified atom stereocenters. The van der Waals surface area contributed by atoms with Crippen LogP contribution < -0.4 is 9.47 Å². The summed E-state index contributed by atoms with van der Waals surface area (Å²) >= 11 is 0. The summed E-state index contributed by atoms with van der Waals surface area (Å²) in [7, 11) is 3.01. The van der Waals surface area contributed by atoms with E-state index in [-0.39, 0.29) is 18.1 Å². The maximum absolute atomic E-state index is 12.2. The van der Waals surface area contributed by atoms with Gasteiger partial charge in [0.25, 0.3) is 0 Å². The predicted molar refractivity (Wildman–Crippen MR) is 124 cm³/mol. The summed E-state index contributed by atoms with van der Waals surface area (Å²) < 4.78 is 16.8. The molecule has 3 rings (SSSR count). The third-order valence-corrected chi connectivity index (χ3v) is 6.72. The zero-order valence-electron chi connectivity index (χ0n) is 19.7. The van der Waals surface area contributed by atoms with E-state index in [9.17, 15) is 9.90 Å². The van der Waals surface area contributed by atoms with Crippen molar-refractivity contribution in [3.8, 4) is 11.5 Å². The summed E-state index contributed by atoms with van der Waals surface area (Å²) in [5.74, 6) is 1.28. The van der Waals surface area contributed by atoms with Gasteiger partial charge in [-0.05, 0) is 49.9 Å². The Balaban J connectivity index is 1.80. The van der Waals surface area contributed by atoms with Gasteiger partial charge in [-0.25, -0.2) is 4.79 Å². The highest BCUT2D eigenvalue weighted by atomic mass is 16.5. The van der Waals surface area contributed by atoms with E-state index in [0.717, 1.165) is 18.4 Å². The van der Waals surface area contributed by atoms with Crippen molar-refractivity contribution in [3.05, 3.63) is 59.7 Å². The van der Waals surface area contributed by atoms with Crippen LogP contribution in [0.1, 0.15) is 44.2 Å². The summed E-state index contributed by atoms with van der Waals surface area (Å²) in [5.41, 5.74) is 1.79. The quantitative estimate of drug-likeness (QED) is 0.646. The normalized spacial score (nSPS) is 22.3. The molecule has 6 heteroatoms. The lowest BCUT2D eigenvalue weighted by atomic mass is 9.72. The minimum Gasteiger partial charge on any atom is -0.493 e. The first-order valence-corrected chi connectivity index (χ1v) is 11.2. The molecule has 1 saturated heterocycles. The minimum atomic E-state index is -0.599. The monoisotopic (exact) mass is 441 g/mol. The van der Waals surface area contributed by atoms with Crippen molar-refractivity contribution in [2.75, 3.05) is 27.3 Å². The van der Waals surface area contributed by atoms with E-state index >= 15 is 0 Å². The van der Waals surface area contributed by atoms with E-state index in [1.807, 2.05) is 43.3 Å². The standard InChI is InChI=1S/C26H35NO5/c1-18(11-12-20-9-7-6-8-10-20)32-24-15-21(13-14-23(24)30-4)22-16-27(25(29)31-5)17-26(22,3)19(2)28/h6-10,13-15,18-19,22,28H,11-12,16-17H2,1-5H3/t18?,19?,22-,26+/m1/s1. The van der Waals surface area contributed by atoms with Crippen molar-refractivity contribution in [2.45, 2.75) is 51.7 Å². The highest BCUT2D eigenvalue weighted by Gasteiger charge is 2.48. The van der Waals surface area contributed by atoms with E-state index in [4.69, 9.17) is 14.2 Å². The summed E-state index contributed by atoms with van der Waals surface area (Å²) in [5, 5.41) is 10.6. The molecular weight excluding hydrogens is 406 g/mol. The molecule has 1 N–H and O–H groups in total. The Bertz CT molecular complexity index is 900. The summed E-state index contributed by atoms with van der Waals surface area (Å²) in [6.07, 6.45) is 0.832. The number of aryl methyl sites for hydroxylation is 1. The predicted octanol–water partition coefficient (Wildman–Crippen LogP) is 4.65.